The Hall–Kier alpha value is -1.94. The van der Waals surface area contributed by atoms with Gasteiger partial charge in [0.15, 0.2) is 12.2 Å². The lowest BCUT2D eigenvalue weighted by atomic mass is 9.99. The van der Waals surface area contributed by atoms with Crippen LogP contribution in [0.5, 0.6) is 0 Å². The average molecular weight is 1400 g/mol. The molecule has 0 aromatic heterocycles. The zero-order valence-corrected chi connectivity index (χ0v) is 63.8. The highest BCUT2D eigenvalue weighted by Crippen LogP contribution is 2.45. The number of esters is 4. The van der Waals surface area contributed by atoms with Crippen LogP contribution in [0.4, 0.5) is 0 Å². The smallest absolute Gasteiger partial charge is 0.462 e. The number of phosphoric ester groups is 2. The Morgan fingerprint density at radius 1 is 0.305 bits per heavy atom. The van der Waals surface area contributed by atoms with Crippen LogP contribution in [0.2, 0.25) is 0 Å². The number of hydrogen-bond acceptors (Lipinski definition) is 15. The monoisotopic (exact) mass is 1400 g/mol. The molecule has 0 fully saturated rings. The minimum Gasteiger partial charge on any atom is -0.462 e. The van der Waals surface area contributed by atoms with Gasteiger partial charge in [-0.15, -0.1) is 0 Å². The summed E-state index contributed by atoms with van der Waals surface area (Å²) in [6.07, 6.45) is 55.6. The van der Waals surface area contributed by atoms with Gasteiger partial charge in [0, 0.05) is 25.7 Å². The van der Waals surface area contributed by atoms with Crippen LogP contribution in [0.15, 0.2) is 0 Å². The van der Waals surface area contributed by atoms with E-state index >= 15 is 0 Å². The molecule has 0 aliphatic heterocycles. The molecule has 0 aromatic carbocycles. The van der Waals surface area contributed by atoms with Gasteiger partial charge in [-0.05, 0) is 37.5 Å². The maximum atomic E-state index is 13.1. The van der Waals surface area contributed by atoms with E-state index in [0.717, 1.165) is 102 Å². The second-order valence-electron chi connectivity index (χ2n) is 28.1. The van der Waals surface area contributed by atoms with Crippen LogP contribution in [0.3, 0.4) is 0 Å². The van der Waals surface area contributed by atoms with Gasteiger partial charge < -0.3 is 33.8 Å². The van der Waals surface area contributed by atoms with Gasteiger partial charge in [-0.25, -0.2) is 9.13 Å². The SMILES string of the molecule is CCCCCCCCCCCCCCCC(=O)OC[C@H](COP(=O)(O)OC[C@@H](O)COP(=O)(O)OC[C@@H](COC(=O)CCCCCCCCC(C)C)OC(=O)CCCCCCCCCCCCC)OC(=O)CCCCCCCCCCCCCCCCCCCCC(C)CC. The summed E-state index contributed by atoms with van der Waals surface area (Å²) in [4.78, 5) is 72.7. The molecule has 3 N–H and O–H groups in total. The molecule has 0 bridgehead atoms. The van der Waals surface area contributed by atoms with Crippen molar-refractivity contribution in [2.75, 3.05) is 39.6 Å². The molecule has 0 saturated heterocycles. The lowest BCUT2D eigenvalue weighted by molar-refractivity contribution is -0.161. The van der Waals surface area contributed by atoms with Gasteiger partial charge >= 0.3 is 39.5 Å². The van der Waals surface area contributed by atoms with Gasteiger partial charge in [-0.2, -0.15) is 0 Å². The van der Waals surface area contributed by atoms with E-state index in [1.165, 1.54) is 205 Å². The predicted octanol–water partition coefficient (Wildman–Crippen LogP) is 22.3. The van der Waals surface area contributed by atoms with Crippen molar-refractivity contribution in [1.29, 1.82) is 0 Å². The van der Waals surface area contributed by atoms with Crippen molar-refractivity contribution in [2.45, 2.75) is 413 Å². The van der Waals surface area contributed by atoms with Crippen molar-refractivity contribution in [2.24, 2.45) is 11.8 Å². The third-order valence-electron chi connectivity index (χ3n) is 18.1. The number of aliphatic hydroxyl groups excluding tert-OH is 1. The summed E-state index contributed by atoms with van der Waals surface area (Å²) in [7, 11) is -9.91. The topological polar surface area (TPSA) is 237 Å². The molecule has 0 aliphatic rings. The lowest BCUT2D eigenvalue weighted by Crippen LogP contribution is -2.30. The maximum Gasteiger partial charge on any atom is 0.472 e. The van der Waals surface area contributed by atoms with Crippen LogP contribution in [0.25, 0.3) is 0 Å². The number of hydrogen-bond donors (Lipinski definition) is 3. The number of phosphoric acid groups is 2. The van der Waals surface area contributed by atoms with Gasteiger partial charge in [-0.1, -0.05) is 343 Å². The van der Waals surface area contributed by atoms with E-state index in [4.69, 9.17) is 37.0 Å². The Balaban J connectivity index is 5.17. The maximum absolute atomic E-state index is 13.1. The van der Waals surface area contributed by atoms with Crippen molar-refractivity contribution in [3.63, 3.8) is 0 Å². The summed E-state index contributed by atoms with van der Waals surface area (Å²) in [6.45, 7) is 9.57. The first-order valence-corrected chi connectivity index (χ1v) is 42.5. The van der Waals surface area contributed by atoms with Crippen molar-refractivity contribution in [1.82, 2.24) is 0 Å². The molecule has 0 radical (unpaired) electrons. The Kier molecular flexibility index (Phi) is 66.5. The lowest BCUT2D eigenvalue weighted by Gasteiger charge is -2.21. The van der Waals surface area contributed by atoms with Crippen molar-refractivity contribution >= 4 is 39.5 Å². The largest absolute Gasteiger partial charge is 0.472 e. The van der Waals surface area contributed by atoms with Crippen LogP contribution in [0, 0.1) is 11.8 Å². The minimum absolute atomic E-state index is 0.106. The first-order valence-electron chi connectivity index (χ1n) is 39.5. The molecule has 0 spiro atoms. The molecule has 0 rings (SSSR count). The van der Waals surface area contributed by atoms with E-state index in [9.17, 15) is 43.2 Å². The Morgan fingerprint density at radius 2 is 0.537 bits per heavy atom. The average Bonchev–Trinajstić information content (AvgIpc) is 1.64. The van der Waals surface area contributed by atoms with E-state index in [0.29, 0.717) is 31.6 Å². The van der Waals surface area contributed by atoms with Crippen LogP contribution in [-0.4, -0.2) is 96.7 Å². The summed E-state index contributed by atoms with van der Waals surface area (Å²) in [5.41, 5.74) is 0. The van der Waals surface area contributed by atoms with Crippen molar-refractivity contribution in [3.8, 4) is 0 Å². The fourth-order valence-corrected chi connectivity index (χ4v) is 13.2. The van der Waals surface area contributed by atoms with Gasteiger partial charge in [0.2, 0.25) is 0 Å². The normalized spacial score (nSPS) is 14.3. The fraction of sp³-hybridized carbons (Fsp3) is 0.947. The summed E-state index contributed by atoms with van der Waals surface area (Å²) in [6, 6.07) is 0. The summed E-state index contributed by atoms with van der Waals surface area (Å²) >= 11 is 0. The molecule has 3 unspecified atom stereocenters. The highest BCUT2D eigenvalue weighted by molar-refractivity contribution is 7.47. The Labute approximate surface area is 581 Å². The Morgan fingerprint density at radius 3 is 0.800 bits per heavy atom. The van der Waals surface area contributed by atoms with Gasteiger partial charge in [0.25, 0.3) is 0 Å². The zero-order chi connectivity index (χ0) is 70.0. The van der Waals surface area contributed by atoms with E-state index in [2.05, 4.69) is 41.5 Å². The molecule has 17 nitrogen and oxygen atoms in total. The number of carbonyl (C=O) groups is 4. The molecular formula is C76H148O17P2. The number of carbonyl (C=O) groups excluding carboxylic acids is 4. The standard InChI is InChI=1S/C76H148O17P2/c1-7-10-12-14-16-18-20-27-32-35-39-46-52-58-73(78)86-64-71(92-76(81)61-55-49-41-37-33-29-26-24-22-21-23-25-28-31-34-38-45-51-57-69(6)9-3)66-90-94(82,83)88-62-70(77)63-89-95(84,85)91-67-72(65-87-74(79)59-53-47-43-42-44-50-56-68(4)5)93-75(80)60-54-48-40-36-30-19-17-15-13-11-8-2/h68-72,77H,7-67H2,1-6H3,(H,82,83)(H,84,85)/t69?,70-,71-,72-/m1/s1. The van der Waals surface area contributed by atoms with Crippen molar-refractivity contribution < 1.29 is 80.2 Å². The summed E-state index contributed by atoms with van der Waals surface area (Å²) in [5.74, 6) is -0.566. The fourth-order valence-electron chi connectivity index (χ4n) is 11.6. The summed E-state index contributed by atoms with van der Waals surface area (Å²) < 4.78 is 68.4. The molecule has 0 amide bonds. The number of aliphatic hydroxyl groups is 1. The van der Waals surface area contributed by atoms with Gasteiger partial charge in [0.05, 0.1) is 26.4 Å². The second kappa shape index (κ2) is 67.9. The van der Waals surface area contributed by atoms with Gasteiger partial charge in [-0.3, -0.25) is 37.3 Å². The summed E-state index contributed by atoms with van der Waals surface area (Å²) in [5, 5.41) is 10.6. The third kappa shape index (κ3) is 69.0. The first-order chi connectivity index (χ1) is 45.9. The predicted molar refractivity (Wildman–Crippen MR) is 386 cm³/mol. The van der Waals surface area contributed by atoms with E-state index in [-0.39, 0.29) is 25.7 Å². The van der Waals surface area contributed by atoms with E-state index in [1.54, 1.807) is 0 Å². The molecule has 19 heteroatoms. The highest BCUT2D eigenvalue weighted by Gasteiger charge is 2.30. The second-order valence-corrected chi connectivity index (χ2v) is 31.0. The molecule has 6 atom stereocenters. The first kappa shape index (κ1) is 93.1. The molecule has 0 saturated carbocycles. The molecular weight excluding hydrogens is 1250 g/mol. The van der Waals surface area contributed by atoms with Crippen LogP contribution >= 0.6 is 15.6 Å². The molecule has 564 valence electrons. The van der Waals surface area contributed by atoms with Gasteiger partial charge in [0.1, 0.15) is 19.3 Å². The zero-order valence-electron chi connectivity index (χ0n) is 62.0. The third-order valence-corrected chi connectivity index (χ3v) is 20.0. The van der Waals surface area contributed by atoms with Crippen molar-refractivity contribution in [3.05, 3.63) is 0 Å². The van der Waals surface area contributed by atoms with Crippen LogP contribution < -0.4 is 0 Å². The van der Waals surface area contributed by atoms with E-state index < -0.39 is 97.5 Å². The molecule has 0 aliphatic carbocycles. The molecule has 0 heterocycles. The Bertz CT molecular complexity index is 1840. The van der Waals surface area contributed by atoms with Crippen LogP contribution in [-0.2, 0) is 65.4 Å². The van der Waals surface area contributed by atoms with E-state index in [1.807, 2.05) is 0 Å². The minimum atomic E-state index is -4.96. The highest BCUT2D eigenvalue weighted by atomic mass is 31.2. The molecule has 95 heavy (non-hydrogen) atoms. The number of unbranched alkanes of at least 4 members (excludes halogenated alkanes) is 44. The number of rotatable bonds is 75. The molecule has 0 aromatic rings. The number of ether oxygens (including phenoxy) is 4. The van der Waals surface area contributed by atoms with Crippen LogP contribution in [0.1, 0.15) is 395 Å². The quantitative estimate of drug-likeness (QED) is 0.0222.